The van der Waals surface area contributed by atoms with Crippen molar-refractivity contribution >= 4 is 21.8 Å². The Morgan fingerprint density at radius 2 is 2.00 bits per heavy atom. The van der Waals surface area contributed by atoms with Crippen LogP contribution in [0.2, 0.25) is 0 Å². The molecule has 0 aliphatic heterocycles. The molecule has 0 bridgehead atoms. The fourth-order valence-corrected chi connectivity index (χ4v) is 3.13. The maximum absolute atomic E-state index is 12.1. The molecule has 1 unspecified atom stereocenters. The first-order valence-corrected chi connectivity index (χ1v) is 8.01. The first kappa shape index (κ1) is 17.0. The number of hydrogen-bond donors (Lipinski definition) is 1. The molecule has 1 atom stereocenters. The highest BCUT2D eigenvalue weighted by Gasteiger charge is 2.16. The lowest BCUT2D eigenvalue weighted by molar-refractivity contribution is 0.0951. The Bertz CT molecular complexity index is 444. The summed E-state index contributed by atoms with van der Waals surface area (Å²) in [6, 6.07) is 5.51. The molecular weight excluding hydrogens is 318 g/mol. The van der Waals surface area contributed by atoms with Gasteiger partial charge >= 0.3 is 0 Å². The Labute approximate surface area is 130 Å². The van der Waals surface area contributed by atoms with Crippen LogP contribution in [0.3, 0.4) is 0 Å². The molecule has 0 aromatic heterocycles. The summed E-state index contributed by atoms with van der Waals surface area (Å²) in [6.07, 6.45) is 2.22. The minimum Gasteiger partial charge on any atom is -0.496 e. The van der Waals surface area contributed by atoms with Gasteiger partial charge < -0.3 is 10.1 Å². The summed E-state index contributed by atoms with van der Waals surface area (Å²) < 4.78 is 5.25. The number of rotatable bonds is 7. The largest absolute Gasteiger partial charge is 0.496 e. The number of nitrogens with one attached hydrogen (secondary N) is 1. The molecule has 4 heteroatoms. The van der Waals surface area contributed by atoms with Crippen molar-refractivity contribution < 1.29 is 9.53 Å². The summed E-state index contributed by atoms with van der Waals surface area (Å²) in [4.78, 5) is 12.5. The third-order valence-corrected chi connectivity index (χ3v) is 4.76. The number of methoxy groups -OCH3 is 1. The summed E-state index contributed by atoms with van der Waals surface area (Å²) in [5, 5.41) is 2.98. The molecule has 1 aromatic rings. The Kier molecular flexibility index (Phi) is 7.06. The van der Waals surface area contributed by atoms with Gasteiger partial charge in [-0.3, -0.25) is 4.79 Å². The molecule has 0 aliphatic rings. The number of halogens is 1. The summed E-state index contributed by atoms with van der Waals surface area (Å²) in [5.41, 5.74) is 1.66. The molecule has 0 heterocycles. The number of alkyl halides is 1. The highest BCUT2D eigenvalue weighted by atomic mass is 79.9. The van der Waals surface area contributed by atoms with E-state index in [4.69, 9.17) is 4.74 Å². The lowest BCUT2D eigenvalue weighted by atomic mass is 9.99. The zero-order valence-corrected chi connectivity index (χ0v) is 14.3. The van der Waals surface area contributed by atoms with Gasteiger partial charge in [0.25, 0.3) is 5.91 Å². The lowest BCUT2D eigenvalue weighted by Gasteiger charge is -2.20. The van der Waals surface area contributed by atoms with Gasteiger partial charge in [0.2, 0.25) is 0 Å². The van der Waals surface area contributed by atoms with Crippen LogP contribution in [0.15, 0.2) is 18.2 Å². The molecule has 0 spiro atoms. The fourth-order valence-electron chi connectivity index (χ4n) is 2.22. The van der Waals surface area contributed by atoms with E-state index in [1.165, 1.54) is 0 Å². The third kappa shape index (κ3) is 4.51. The van der Waals surface area contributed by atoms with E-state index >= 15 is 0 Å². The number of carbonyl (C=O) groups excluding carboxylic acids is 1. The number of amides is 1. The maximum atomic E-state index is 12.1. The van der Waals surface area contributed by atoms with E-state index in [-0.39, 0.29) is 5.91 Å². The monoisotopic (exact) mass is 341 g/mol. The fraction of sp³-hybridized carbons (Fsp3) is 0.562. The molecule has 1 rings (SSSR count). The van der Waals surface area contributed by atoms with Crippen LogP contribution < -0.4 is 10.1 Å². The van der Waals surface area contributed by atoms with Crippen LogP contribution in [-0.4, -0.2) is 24.4 Å². The van der Waals surface area contributed by atoms with E-state index in [1.807, 2.05) is 19.1 Å². The highest BCUT2D eigenvalue weighted by Crippen LogP contribution is 2.21. The quantitative estimate of drug-likeness (QED) is 0.763. The number of carbonyl (C=O) groups is 1. The predicted molar refractivity (Wildman–Crippen MR) is 86.9 cm³/mol. The Morgan fingerprint density at radius 3 is 2.55 bits per heavy atom. The van der Waals surface area contributed by atoms with Crippen LogP contribution in [-0.2, 0) is 0 Å². The van der Waals surface area contributed by atoms with E-state index < -0.39 is 0 Å². The van der Waals surface area contributed by atoms with Crippen molar-refractivity contribution in [2.24, 2.45) is 5.92 Å². The summed E-state index contributed by atoms with van der Waals surface area (Å²) in [6.45, 7) is 6.95. The lowest BCUT2D eigenvalue weighted by Crippen LogP contribution is -2.32. The van der Waals surface area contributed by atoms with Crippen molar-refractivity contribution in [3.8, 4) is 5.75 Å². The molecule has 1 aromatic carbocycles. The minimum atomic E-state index is -0.0568. The van der Waals surface area contributed by atoms with Crippen LogP contribution in [0.25, 0.3) is 0 Å². The second kappa shape index (κ2) is 8.30. The molecule has 1 amide bonds. The molecule has 1 N–H and O–H groups in total. The zero-order valence-electron chi connectivity index (χ0n) is 12.7. The topological polar surface area (TPSA) is 38.3 Å². The zero-order chi connectivity index (χ0) is 15.1. The number of hydrogen-bond acceptors (Lipinski definition) is 2. The van der Waals surface area contributed by atoms with Crippen molar-refractivity contribution in [2.75, 3.05) is 13.7 Å². The number of ether oxygens (including phenoxy) is 1. The van der Waals surface area contributed by atoms with Gasteiger partial charge in [-0.05, 0) is 30.5 Å². The van der Waals surface area contributed by atoms with Gasteiger partial charge in [-0.1, -0.05) is 48.7 Å². The van der Waals surface area contributed by atoms with Gasteiger partial charge in [0.1, 0.15) is 5.75 Å². The van der Waals surface area contributed by atoms with Crippen molar-refractivity contribution in [3.63, 3.8) is 0 Å². The first-order valence-electron chi connectivity index (χ1n) is 7.10. The van der Waals surface area contributed by atoms with Crippen LogP contribution >= 0.6 is 15.9 Å². The van der Waals surface area contributed by atoms with E-state index in [0.717, 1.165) is 24.2 Å². The molecule has 0 radical (unpaired) electrons. The molecule has 112 valence electrons. The summed E-state index contributed by atoms with van der Waals surface area (Å²) in [5.74, 6) is 1.27. The van der Waals surface area contributed by atoms with Gasteiger partial charge in [-0.15, -0.1) is 0 Å². The van der Waals surface area contributed by atoms with Gasteiger partial charge in [0.15, 0.2) is 0 Å². The highest BCUT2D eigenvalue weighted by molar-refractivity contribution is 9.09. The van der Waals surface area contributed by atoms with Crippen molar-refractivity contribution in [1.82, 2.24) is 5.32 Å². The van der Waals surface area contributed by atoms with E-state index in [1.54, 1.807) is 13.2 Å². The molecule has 20 heavy (non-hydrogen) atoms. The average molecular weight is 342 g/mol. The second-order valence-corrected chi connectivity index (χ2v) is 6.16. The SMILES string of the molecule is CCC(CC)C(Br)CNC(=O)c1ccc(C)c(OC)c1. The molecular formula is C16H24BrNO2. The third-order valence-electron chi connectivity index (χ3n) is 3.69. The summed E-state index contributed by atoms with van der Waals surface area (Å²) >= 11 is 3.67. The Morgan fingerprint density at radius 1 is 1.35 bits per heavy atom. The molecule has 3 nitrogen and oxygen atoms in total. The summed E-state index contributed by atoms with van der Waals surface area (Å²) in [7, 11) is 1.62. The van der Waals surface area contributed by atoms with Gasteiger partial charge in [0.05, 0.1) is 7.11 Å². The van der Waals surface area contributed by atoms with E-state index in [0.29, 0.717) is 22.9 Å². The minimum absolute atomic E-state index is 0.0568. The Balaban J connectivity index is 2.63. The van der Waals surface area contributed by atoms with Crippen molar-refractivity contribution in [3.05, 3.63) is 29.3 Å². The van der Waals surface area contributed by atoms with Crippen molar-refractivity contribution in [2.45, 2.75) is 38.4 Å². The average Bonchev–Trinajstić information content (AvgIpc) is 2.46. The van der Waals surface area contributed by atoms with Crippen LogP contribution in [0, 0.1) is 12.8 Å². The van der Waals surface area contributed by atoms with Crippen LogP contribution in [0.5, 0.6) is 5.75 Å². The molecule has 0 saturated carbocycles. The maximum Gasteiger partial charge on any atom is 0.251 e. The van der Waals surface area contributed by atoms with Gasteiger partial charge in [-0.25, -0.2) is 0 Å². The number of benzene rings is 1. The van der Waals surface area contributed by atoms with E-state index in [2.05, 4.69) is 35.1 Å². The van der Waals surface area contributed by atoms with Crippen LogP contribution in [0.1, 0.15) is 42.6 Å². The molecule has 0 saturated heterocycles. The predicted octanol–water partition coefficient (Wildman–Crippen LogP) is 3.93. The second-order valence-electron chi connectivity index (χ2n) is 4.99. The molecule has 0 fully saturated rings. The van der Waals surface area contributed by atoms with Gasteiger partial charge in [0, 0.05) is 16.9 Å². The van der Waals surface area contributed by atoms with Crippen LogP contribution in [0.4, 0.5) is 0 Å². The van der Waals surface area contributed by atoms with E-state index in [9.17, 15) is 4.79 Å². The van der Waals surface area contributed by atoms with Gasteiger partial charge in [-0.2, -0.15) is 0 Å². The molecule has 0 aliphatic carbocycles. The first-order chi connectivity index (χ1) is 9.53. The smallest absolute Gasteiger partial charge is 0.251 e. The standard InChI is InChI=1S/C16H24BrNO2/c1-5-12(6-2)14(17)10-18-16(19)13-8-7-11(3)15(9-13)20-4/h7-9,12,14H,5-6,10H2,1-4H3,(H,18,19). The number of aryl methyl sites for hydroxylation is 1. The Hall–Kier alpha value is -1.03. The normalized spacial score (nSPS) is 12.3. The van der Waals surface area contributed by atoms with Crippen molar-refractivity contribution in [1.29, 1.82) is 0 Å².